The monoisotopic (exact) mass is 254 g/mol. The third-order valence-corrected chi connectivity index (χ3v) is 3.17. The van der Waals surface area contributed by atoms with Crippen molar-refractivity contribution in [1.82, 2.24) is 4.90 Å². The zero-order valence-corrected chi connectivity index (χ0v) is 11.3. The van der Waals surface area contributed by atoms with E-state index >= 15 is 0 Å². The number of carbonyl (C=O) groups excluding carboxylic acids is 1. The average Bonchev–Trinajstić information content (AvgIpc) is 2.41. The standard InChI is InChI=1S/C16H18N2O/c1-12-5-3-4-6-14(12)11-18(2)16(19)13-7-9-15(17)10-8-13/h3-10H,11,17H2,1-2H3. The number of anilines is 1. The Kier molecular flexibility index (Phi) is 3.85. The van der Waals surface area contributed by atoms with Gasteiger partial charge in [0.05, 0.1) is 0 Å². The third-order valence-electron chi connectivity index (χ3n) is 3.17. The summed E-state index contributed by atoms with van der Waals surface area (Å²) in [4.78, 5) is 14.0. The van der Waals surface area contributed by atoms with Crippen molar-refractivity contribution >= 4 is 11.6 Å². The van der Waals surface area contributed by atoms with Crippen molar-refractivity contribution in [2.45, 2.75) is 13.5 Å². The van der Waals surface area contributed by atoms with Crippen LogP contribution in [0.25, 0.3) is 0 Å². The summed E-state index contributed by atoms with van der Waals surface area (Å²) in [6.45, 7) is 2.66. The Bertz CT molecular complexity index is 576. The molecule has 0 aliphatic heterocycles. The number of aryl methyl sites for hydroxylation is 1. The molecule has 0 aromatic heterocycles. The molecule has 2 N–H and O–H groups in total. The molecule has 0 aliphatic carbocycles. The molecule has 0 heterocycles. The Morgan fingerprint density at radius 1 is 1.11 bits per heavy atom. The molecule has 98 valence electrons. The fourth-order valence-corrected chi connectivity index (χ4v) is 1.96. The highest BCUT2D eigenvalue weighted by molar-refractivity contribution is 5.94. The van der Waals surface area contributed by atoms with Crippen LogP contribution in [0.4, 0.5) is 5.69 Å². The van der Waals surface area contributed by atoms with Crippen molar-refractivity contribution in [3.8, 4) is 0 Å². The van der Waals surface area contributed by atoms with Gasteiger partial charge in [-0.3, -0.25) is 4.79 Å². The molecule has 0 saturated carbocycles. The van der Waals surface area contributed by atoms with Crippen LogP contribution in [0.2, 0.25) is 0 Å². The minimum absolute atomic E-state index is 0.00301. The van der Waals surface area contributed by atoms with Crippen LogP contribution < -0.4 is 5.73 Å². The summed E-state index contributed by atoms with van der Waals surface area (Å²) in [6.07, 6.45) is 0. The molecule has 0 radical (unpaired) electrons. The molecule has 3 heteroatoms. The van der Waals surface area contributed by atoms with Crippen LogP contribution in [0.5, 0.6) is 0 Å². The van der Waals surface area contributed by atoms with E-state index in [4.69, 9.17) is 5.73 Å². The first-order valence-corrected chi connectivity index (χ1v) is 6.23. The molecule has 19 heavy (non-hydrogen) atoms. The highest BCUT2D eigenvalue weighted by Crippen LogP contribution is 2.13. The van der Waals surface area contributed by atoms with E-state index in [2.05, 4.69) is 13.0 Å². The van der Waals surface area contributed by atoms with Gasteiger partial charge in [-0.2, -0.15) is 0 Å². The van der Waals surface area contributed by atoms with Gasteiger partial charge in [0.15, 0.2) is 0 Å². The van der Waals surface area contributed by atoms with Gasteiger partial charge in [-0.05, 0) is 42.3 Å². The van der Waals surface area contributed by atoms with Gasteiger partial charge >= 0.3 is 0 Å². The minimum atomic E-state index is 0.00301. The average molecular weight is 254 g/mol. The topological polar surface area (TPSA) is 46.3 Å². The summed E-state index contributed by atoms with van der Waals surface area (Å²) < 4.78 is 0. The Morgan fingerprint density at radius 3 is 2.37 bits per heavy atom. The second-order valence-electron chi connectivity index (χ2n) is 4.71. The quantitative estimate of drug-likeness (QED) is 0.856. The van der Waals surface area contributed by atoms with Gasteiger partial charge in [0.1, 0.15) is 0 Å². The third kappa shape index (κ3) is 3.13. The predicted octanol–water partition coefficient (Wildman–Crippen LogP) is 2.85. The van der Waals surface area contributed by atoms with Crippen LogP contribution in [0, 0.1) is 6.92 Å². The number of nitrogens with two attached hydrogens (primary N) is 1. The minimum Gasteiger partial charge on any atom is -0.399 e. The van der Waals surface area contributed by atoms with Crippen molar-refractivity contribution in [1.29, 1.82) is 0 Å². The second-order valence-corrected chi connectivity index (χ2v) is 4.71. The number of nitrogens with zero attached hydrogens (tertiary/aromatic N) is 1. The molecule has 0 saturated heterocycles. The second kappa shape index (κ2) is 5.57. The lowest BCUT2D eigenvalue weighted by molar-refractivity contribution is 0.0785. The van der Waals surface area contributed by atoms with Crippen LogP contribution in [-0.2, 0) is 6.54 Å². The number of rotatable bonds is 3. The van der Waals surface area contributed by atoms with Gasteiger partial charge in [0.25, 0.3) is 5.91 Å². The van der Waals surface area contributed by atoms with Gasteiger partial charge in [-0.1, -0.05) is 24.3 Å². The summed E-state index contributed by atoms with van der Waals surface area (Å²) in [7, 11) is 1.81. The summed E-state index contributed by atoms with van der Waals surface area (Å²) in [5, 5.41) is 0. The zero-order valence-electron chi connectivity index (χ0n) is 11.3. The van der Waals surface area contributed by atoms with Crippen LogP contribution in [0.3, 0.4) is 0 Å². The normalized spacial score (nSPS) is 10.2. The van der Waals surface area contributed by atoms with E-state index in [-0.39, 0.29) is 5.91 Å². The molecule has 0 unspecified atom stereocenters. The molecule has 2 aromatic carbocycles. The first-order chi connectivity index (χ1) is 9.08. The number of hydrogen-bond donors (Lipinski definition) is 1. The van der Waals surface area contributed by atoms with E-state index in [1.54, 1.807) is 29.2 Å². The Labute approximate surface area is 113 Å². The maximum atomic E-state index is 12.3. The largest absolute Gasteiger partial charge is 0.399 e. The van der Waals surface area contributed by atoms with Gasteiger partial charge in [-0.25, -0.2) is 0 Å². The van der Waals surface area contributed by atoms with Gasteiger partial charge in [0.2, 0.25) is 0 Å². The molecule has 3 nitrogen and oxygen atoms in total. The summed E-state index contributed by atoms with van der Waals surface area (Å²) in [5.74, 6) is 0.00301. The molecule has 0 atom stereocenters. The van der Waals surface area contributed by atoms with E-state index in [0.29, 0.717) is 17.8 Å². The van der Waals surface area contributed by atoms with Gasteiger partial charge < -0.3 is 10.6 Å². The van der Waals surface area contributed by atoms with Crippen molar-refractivity contribution in [3.63, 3.8) is 0 Å². The molecule has 2 rings (SSSR count). The van der Waals surface area contributed by atoms with E-state index in [9.17, 15) is 4.79 Å². The molecule has 0 bridgehead atoms. The Hall–Kier alpha value is -2.29. The van der Waals surface area contributed by atoms with Crippen molar-refractivity contribution < 1.29 is 4.79 Å². The zero-order chi connectivity index (χ0) is 13.8. The molecule has 2 aromatic rings. The highest BCUT2D eigenvalue weighted by Gasteiger charge is 2.12. The molecular weight excluding hydrogens is 236 g/mol. The first kappa shape index (κ1) is 13.1. The van der Waals surface area contributed by atoms with Gasteiger partial charge in [-0.15, -0.1) is 0 Å². The van der Waals surface area contributed by atoms with E-state index < -0.39 is 0 Å². The summed E-state index contributed by atoms with van der Waals surface area (Å²) in [5.41, 5.74) is 9.30. The van der Waals surface area contributed by atoms with E-state index in [1.807, 2.05) is 25.2 Å². The number of benzene rings is 2. The maximum absolute atomic E-state index is 12.3. The Balaban J connectivity index is 2.12. The number of amides is 1. The van der Waals surface area contributed by atoms with E-state index in [1.165, 1.54) is 5.56 Å². The number of nitrogen functional groups attached to an aromatic ring is 1. The molecule has 0 spiro atoms. The highest BCUT2D eigenvalue weighted by atomic mass is 16.2. The Morgan fingerprint density at radius 2 is 1.74 bits per heavy atom. The summed E-state index contributed by atoms with van der Waals surface area (Å²) in [6, 6.07) is 15.1. The van der Waals surface area contributed by atoms with E-state index in [0.717, 1.165) is 5.56 Å². The van der Waals surface area contributed by atoms with Crippen LogP contribution >= 0.6 is 0 Å². The fraction of sp³-hybridized carbons (Fsp3) is 0.188. The molecular formula is C16H18N2O. The SMILES string of the molecule is Cc1ccccc1CN(C)C(=O)c1ccc(N)cc1. The lowest BCUT2D eigenvalue weighted by Crippen LogP contribution is -2.26. The van der Waals surface area contributed by atoms with Crippen LogP contribution in [-0.4, -0.2) is 17.9 Å². The van der Waals surface area contributed by atoms with Crippen LogP contribution in [0.1, 0.15) is 21.5 Å². The van der Waals surface area contributed by atoms with Crippen molar-refractivity contribution in [2.75, 3.05) is 12.8 Å². The first-order valence-electron chi connectivity index (χ1n) is 6.23. The molecule has 1 amide bonds. The van der Waals surface area contributed by atoms with Gasteiger partial charge in [0, 0.05) is 24.8 Å². The lowest BCUT2D eigenvalue weighted by atomic mass is 10.1. The maximum Gasteiger partial charge on any atom is 0.253 e. The molecule has 0 aliphatic rings. The van der Waals surface area contributed by atoms with Crippen molar-refractivity contribution in [2.24, 2.45) is 0 Å². The number of carbonyl (C=O) groups is 1. The smallest absolute Gasteiger partial charge is 0.253 e. The van der Waals surface area contributed by atoms with Crippen LogP contribution in [0.15, 0.2) is 48.5 Å². The summed E-state index contributed by atoms with van der Waals surface area (Å²) >= 11 is 0. The predicted molar refractivity (Wildman–Crippen MR) is 77.8 cm³/mol. The lowest BCUT2D eigenvalue weighted by Gasteiger charge is -2.18. The number of hydrogen-bond acceptors (Lipinski definition) is 2. The fourth-order valence-electron chi connectivity index (χ4n) is 1.96. The molecule has 0 fully saturated rings. The van der Waals surface area contributed by atoms with Crippen molar-refractivity contribution in [3.05, 3.63) is 65.2 Å².